The smallest absolute Gasteiger partial charge is 0.254 e. The van der Waals surface area contributed by atoms with Gasteiger partial charge in [-0.2, -0.15) is 0 Å². The largest absolute Gasteiger partial charge is 0.384 e. The first-order valence-electron chi connectivity index (χ1n) is 9.32. The van der Waals surface area contributed by atoms with E-state index in [0.717, 1.165) is 24.0 Å². The summed E-state index contributed by atoms with van der Waals surface area (Å²) >= 11 is 0. The molecule has 3 N–H and O–H groups in total. The molecule has 1 aliphatic heterocycles. The molecule has 28 heavy (non-hydrogen) atoms. The monoisotopic (exact) mass is 376 g/mol. The van der Waals surface area contributed by atoms with Crippen LogP contribution < -0.4 is 5.32 Å². The van der Waals surface area contributed by atoms with Crippen molar-refractivity contribution in [2.75, 3.05) is 18.4 Å². The number of carbonyl (C=O) groups excluding carboxylic acids is 1. The first-order valence-corrected chi connectivity index (χ1v) is 9.32. The summed E-state index contributed by atoms with van der Waals surface area (Å²) in [5, 5.41) is 23.4. The van der Waals surface area contributed by atoms with Crippen LogP contribution in [-0.4, -0.2) is 46.3 Å². The average molecular weight is 376 g/mol. The van der Waals surface area contributed by atoms with Gasteiger partial charge in [-0.15, -0.1) is 0 Å². The Bertz CT molecular complexity index is 876. The van der Waals surface area contributed by atoms with E-state index in [0.29, 0.717) is 18.8 Å². The van der Waals surface area contributed by atoms with Crippen LogP contribution in [0.1, 0.15) is 24.0 Å². The zero-order valence-electron chi connectivity index (χ0n) is 15.6. The van der Waals surface area contributed by atoms with Gasteiger partial charge in [0.15, 0.2) is 6.10 Å². The van der Waals surface area contributed by atoms with Gasteiger partial charge < -0.3 is 20.4 Å². The number of carbonyl (C=O) groups is 1. The lowest BCUT2D eigenvalue weighted by Gasteiger charge is -2.24. The summed E-state index contributed by atoms with van der Waals surface area (Å²) in [6, 6.07) is 17.0. The number of nitrogens with one attached hydrogen (secondary N) is 1. The number of anilines is 1. The van der Waals surface area contributed by atoms with E-state index in [4.69, 9.17) is 0 Å². The molecule has 1 aliphatic rings. The second-order valence-electron chi connectivity index (χ2n) is 6.77. The molecule has 1 amide bonds. The molecule has 1 fully saturated rings. The van der Waals surface area contributed by atoms with Gasteiger partial charge in [0.2, 0.25) is 0 Å². The lowest BCUT2D eigenvalue weighted by Crippen LogP contribution is -2.45. The number of hydrogen-bond acceptors (Lipinski definition) is 4. The Morgan fingerprint density at radius 1 is 0.929 bits per heavy atom. The van der Waals surface area contributed by atoms with Crippen molar-refractivity contribution in [3.63, 3.8) is 0 Å². The number of amides is 1. The van der Waals surface area contributed by atoms with Crippen molar-refractivity contribution >= 4 is 11.6 Å². The van der Waals surface area contributed by atoms with Crippen molar-refractivity contribution < 1.29 is 15.0 Å². The molecule has 3 rings (SSSR count). The third-order valence-corrected chi connectivity index (χ3v) is 4.64. The van der Waals surface area contributed by atoms with Crippen molar-refractivity contribution in [1.29, 1.82) is 0 Å². The van der Waals surface area contributed by atoms with Crippen LogP contribution in [-0.2, 0) is 4.79 Å². The van der Waals surface area contributed by atoms with E-state index in [2.05, 4.69) is 23.7 Å². The highest BCUT2D eigenvalue weighted by Crippen LogP contribution is 2.17. The highest BCUT2D eigenvalue weighted by molar-refractivity contribution is 5.82. The second-order valence-corrected chi connectivity index (χ2v) is 6.77. The second kappa shape index (κ2) is 9.23. The molecule has 2 aromatic rings. The van der Waals surface area contributed by atoms with Crippen molar-refractivity contribution in [3.8, 4) is 11.8 Å². The van der Waals surface area contributed by atoms with Gasteiger partial charge in [-0.1, -0.05) is 36.6 Å². The molecule has 0 bridgehead atoms. The van der Waals surface area contributed by atoms with Crippen molar-refractivity contribution in [2.24, 2.45) is 0 Å². The van der Waals surface area contributed by atoms with E-state index in [1.807, 2.05) is 54.6 Å². The Labute approximate surface area is 165 Å². The molecular formula is C23H24N2O3. The van der Waals surface area contributed by atoms with Crippen molar-refractivity contribution in [1.82, 2.24) is 4.90 Å². The van der Waals surface area contributed by atoms with E-state index in [9.17, 15) is 15.0 Å². The molecule has 144 valence electrons. The normalized spacial score (nSPS) is 15.3. The summed E-state index contributed by atoms with van der Waals surface area (Å²) in [4.78, 5) is 13.8. The Balaban J connectivity index is 1.58. The first-order chi connectivity index (χ1) is 13.5. The van der Waals surface area contributed by atoms with E-state index in [-0.39, 0.29) is 5.70 Å². The molecule has 0 spiro atoms. The maximum Gasteiger partial charge on any atom is 0.254 e. The van der Waals surface area contributed by atoms with Crippen LogP contribution in [0.2, 0.25) is 0 Å². The first kappa shape index (κ1) is 19.7. The number of benzene rings is 2. The highest BCUT2D eigenvalue weighted by Gasteiger charge is 2.31. The van der Waals surface area contributed by atoms with Gasteiger partial charge in [0.1, 0.15) is 6.10 Å². The molecule has 5 heteroatoms. The van der Waals surface area contributed by atoms with Crippen molar-refractivity contribution in [2.45, 2.75) is 25.0 Å². The molecule has 0 aliphatic carbocycles. The summed E-state index contributed by atoms with van der Waals surface area (Å²) in [7, 11) is 0. The molecule has 1 heterocycles. The molecule has 2 atom stereocenters. The number of aliphatic hydroxyl groups excluding tert-OH is 2. The fraction of sp³-hybridized carbons (Fsp3) is 0.261. The van der Waals surface area contributed by atoms with Crippen LogP contribution >= 0.6 is 0 Å². The SMILES string of the molecule is C=C(Nc1ccc(C#Cc2ccccc2)cc1)C(O)C(O)C(=O)N1CCCC1. The average Bonchev–Trinajstić information content (AvgIpc) is 3.27. The molecule has 2 aromatic carbocycles. The van der Waals surface area contributed by atoms with Gasteiger partial charge in [-0.25, -0.2) is 0 Å². The molecule has 2 unspecified atom stereocenters. The van der Waals surface area contributed by atoms with Gasteiger partial charge in [-0.05, 0) is 49.2 Å². The summed E-state index contributed by atoms with van der Waals surface area (Å²) in [5.41, 5.74) is 2.65. The van der Waals surface area contributed by atoms with Gasteiger partial charge in [0, 0.05) is 35.6 Å². The maximum absolute atomic E-state index is 12.2. The molecule has 1 saturated heterocycles. The molecular weight excluding hydrogens is 352 g/mol. The lowest BCUT2D eigenvalue weighted by atomic mass is 10.1. The fourth-order valence-corrected chi connectivity index (χ4v) is 3.01. The summed E-state index contributed by atoms with van der Waals surface area (Å²) in [6.07, 6.45) is -1.06. The van der Waals surface area contributed by atoms with Gasteiger partial charge in [0.25, 0.3) is 5.91 Å². The summed E-state index contributed by atoms with van der Waals surface area (Å²) in [5.74, 6) is 5.72. The van der Waals surface area contributed by atoms with Gasteiger partial charge in [-0.3, -0.25) is 4.79 Å². The number of likely N-dealkylation sites (tertiary alicyclic amines) is 1. The Kier molecular flexibility index (Phi) is 6.49. The summed E-state index contributed by atoms with van der Waals surface area (Å²) in [6.45, 7) is 5.00. The number of hydrogen-bond donors (Lipinski definition) is 3. The highest BCUT2D eigenvalue weighted by atomic mass is 16.3. The van der Waals surface area contributed by atoms with Gasteiger partial charge >= 0.3 is 0 Å². The van der Waals surface area contributed by atoms with Crippen LogP contribution in [0.5, 0.6) is 0 Å². The quantitative estimate of drug-likeness (QED) is 0.701. The minimum atomic E-state index is -1.52. The minimum absolute atomic E-state index is 0.170. The van der Waals surface area contributed by atoms with Crippen LogP contribution in [0.4, 0.5) is 5.69 Å². The maximum atomic E-state index is 12.2. The van der Waals surface area contributed by atoms with Gasteiger partial charge in [0.05, 0.1) is 0 Å². The van der Waals surface area contributed by atoms with E-state index in [1.165, 1.54) is 0 Å². The predicted octanol–water partition coefficient (Wildman–Crippen LogP) is 2.36. The van der Waals surface area contributed by atoms with Crippen molar-refractivity contribution in [3.05, 3.63) is 78.0 Å². The standard InChI is InChI=1S/C23H24N2O3/c1-17(21(26)22(27)23(28)25-15-5-6-16-25)24-20-13-11-19(12-14-20)10-9-18-7-3-2-4-8-18/h2-4,7-8,11-14,21-22,24,26-27H,1,5-6,15-16H2. The molecule has 0 saturated carbocycles. The van der Waals surface area contributed by atoms with Crippen LogP contribution in [0.15, 0.2) is 66.9 Å². The third kappa shape index (κ3) is 5.01. The molecule has 5 nitrogen and oxygen atoms in total. The van der Waals surface area contributed by atoms with E-state index in [1.54, 1.807) is 4.90 Å². The number of aliphatic hydroxyl groups is 2. The number of rotatable bonds is 5. The van der Waals surface area contributed by atoms with Crippen LogP contribution in [0.3, 0.4) is 0 Å². The molecule has 0 aromatic heterocycles. The predicted molar refractivity (Wildman–Crippen MR) is 109 cm³/mol. The Morgan fingerprint density at radius 2 is 1.50 bits per heavy atom. The molecule has 0 radical (unpaired) electrons. The minimum Gasteiger partial charge on any atom is -0.384 e. The lowest BCUT2D eigenvalue weighted by molar-refractivity contribution is -0.143. The Morgan fingerprint density at radius 3 is 2.11 bits per heavy atom. The summed E-state index contributed by atoms with van der Waals surface area (Å²) < 4.78 is 0. The van der Waals surface area contributed by atoms with Crippen LogP contribution in [0, 0.1) is 11.8 Å². The van der Waals surface area contributed by atoms with E-state index < -0.39 is 18.1 Å². The third-order valence-electron chi connectivity index (χ3n) is 4.64. The fourth-order valence-electron chi connectivity index (χ4n) is 3.01. The van der Waals surface area contributed by atoms with E-state index >= 15 is 0 Å². The zero-order chi connectivity index (χ0) is 19.9. The number of nitrogens with zero attached hydrogens (tertiary/aromatic N) is 1. The van der Waals surface area contributed by atoms with Crippen LogP contribution in [0.25, 0.3) is 0 Å². The topological polar surface area (TPSA) is 72.8 Å². The Hall–Kier alpha value is -3.07. The zero-order valence-corrected chi connectivity index (χ0v) is 15.6.